The predicted octanol–water partition coefficient (Wildman–Crippen LogP) is 2.38. The standard InChI is InChI=1S/C23H31N7O/c1-5-21-28-26-16-30(21)13-12-24-23(25-15-22(31)29(3)4)27-17(2)19-11-10-18-8-6-7-9-20(18)14-19/h6-11,14,16-17H,5,12-13,15H2,1-4H3,(H2,24,25,27). The van der Waals surface area contributed by atoms with E-state index >= 15 is 0 Å². The molecule has 0 aliphatic carbocycles. The van der Waals surface area contributed by atoms with Crippen LogP contribution in [0.5, 0.6) is 0 Å². The molecule has 0 radical (unpaired) electrons. The van der Waals surface area contributed by atoms with Gasteiger partial charge in [0, 0.05) is 33.6 Å². The molecule has 2 N–H and O–H groups in total. The monoisotopic (exact) mass is 421 g/mol. The van der Waals surface area contributed by atoms with Crippen LogP contribution in [-0.2, 0) is 17.8 Å². The van der Waals surface area contributed by atoms with Crippen molar-refractivity contribution >= 4 is 22.6 Å². The highest BCUT2D eigenvalue weighted by Gasteiger charge is 2.11. The zero-order valence-corrected chi connectivity index (χ0v) is 18.7. The van der Waals surface area contributed by atoms with E-state index in [0.29, 0.717) is 19.0 Å². The quantitative estimate of drug-likeness (QED) is 0.431. The van der Waals surface area contributed by atoms with E-state index in [-0.39, 0.29) is 18.5 Å². The Bertz CT molecular complexity index is 1040. The van der Waals surface area contributed by atoms with Crippen LogP contribution in [0.15, 0.2) is 53.8 Å². The van der Waals surface area contributed by atoms with Crippen molar-refractivity contribution in [1.29, 1.82) is 0 Å². The Hall–Kier alpha value is -3.42. The highest BCUT2D eigenvalue weighted by Crippen LogP contribution is 2.20. The Morgan fingerprint density at radius 2 is 1.97 bits per heavy atom. The number of aryl methyl sites for hydroxylation is 1. The summed E-state index contributed by atoms with van der Waals surface area (Å²) < 4.78 is 2.02. The van der Waals surface area contributed by atoms with Gasteiger partial charge in [0.1, 0.15) is 18.7 Å². The van der Waals surface area contributed by atoms with Gasteiger partial charge in [-0.25, -0.2) is 4.99 Å². The van der Waals surface area contributed by atoms with E-state index in [2.05, 4.69) is 70.0 Å². The van der Waals surface area contributed by atoms with Gasteiger partial charge in [-0.2, -0.15) is 0 Å². The molecule has 1 unspecified atom stereocenters. The predicted molar refractivity (Wildman–Crippen MR) is 124 cm³/mol. The molecule has 0 bridgehead atoms. The summed E-state index contributed by atoms with van der Waals surface area (Å²) in [5.74, 6) is 1.49. The fraction of sp³-hybridized carbons (Fsp3) is 0.391. The third-order valence-electron chi connectivity index (χ3n) is 5.16. The molecular weight excluding hydrogens is 390 g/mol. The molecule has 0 spiro atoms. The molecule has 0 aliphatic heterocycles. The van der Waals surface area contributed by atoms with Crippen LogP contribution in [0, 0.1) is 0 Å². The number of benzene rings is 2. The van der Waals surface area contributed by atoms with Gasteiger partial charge < -0.3 is 20.1 Å². The summed E-state index contributed by atoms with van der Waals surface area (Å²) in [7, 11) is 3.46. The van der Waals surface area contributed by atoms with E-state index < -0.39 is 0 Å². The lowest BCUT2D eigenvalue weighted by Crippen LogP contribution is -2.41. The average Bonchev–Trinajstić information content (AvgIpc) is 3.24. The summed E-state index contributed by atoms with van der Waals surface area (Å²) in [6.07, 6.45) is 2.56. The van der Waals surface area contributed by atoms with E-state index in [1.807, 2.05) is 16.7 Å². The maximum Gasteiger partial charge on any atom is 0.243 e. The first-order valence-electron chi connectivity index (χ1n) is 10.6. The second kappa shape index (κ2) is 10.6. The van der Waals surface area contributed by atoms with Crippen LogP contribution in [0.25, 0.3) is 10.8 Å². The van der Waals surface area contributed by atoms with Crippen molar-refractivity contribution in [2.24, 2.45) is 4.99 Å². The van der Waals surface area contributed by atoms with Crippen LogP contribution in [0.4, 0.5) is 0 Å². The molecule has 1 heterocycles. The highest BCUT2D eigenvalue weighted by atomic mass is 16.2. The molecule has 31 heavy (non-hydrogen) atoms. The number of aliphatic imine (C=N–C) groups is 1. The second-order valence-electron chi connectivity index (χ2n) is 7.65. The van der Waals surface area contributed by atoms with Gasteiger partial charge in [-0.1, -0.05) is 43.3 Å². The summed E-state index contributed by atoms with van der Waals surface area (Å²) >= 11 is 0. The number of nitrogens with one attached hydrogen (secondary N) is 2. The average molecular weight is 422 g/mol. The summed E-state index contributed by atoms with van der Waals surface area (Å²) in [5.41, 5.74) is 1.15. The van der Waals surface area contributed by atoms with Gasteiger partial charge in [0.05, 0.1) is 6.04 Å². The molecule has 0 aliphatic rings. The molecule has 3 aromatic rings. The molecule has 1 aromatic heterocycles. The topological polar surface area (TPSA) is 87.4 Å². The fourth-order valence-electron chi connectivity index (χ4n) is 3.24. The highest BCUT2D eigenvalue weighted by molar-refractivity contribution is 5.86. The molecule has 8 nitrogen and oxygen atoms in total. The van der Waals surface area contributed by atoms with E-state index in [1.54, 1.807) is 25.3 Å². The van der Waals surface area contributed by atoms with Gasteiger partial charge in [-0.15, -0.1) is 10.2 Å². The van der Waals surface area contributed by atoms with Gasteiger partial charge in [0.15, 0.2) is 5.96 Å². The van der Waals surface area contributed by atoms with Gasteiger partial charge in [-0.05, 0) is 29.3 Å². The first-order valence-corrected chi connectivity index (χ1v) is 10.6. The number of nitrogens with zero attached hydrogens (tertiary/aromatic N) is 5. The molecular formula is C23H31N7O. The van der Waals surface area contributed by atoms with E-state index in [0.717, 1.165) is 17.8 Å². The Balaban J connectivity index is 1.69. The number of hydrogen-bond donors (Lipinski definition) is 2. The number of fused-ring (bicyclic) bond motifs is 1. The number of hydrogen-bond acceptors (Lipinski definition) is 4. The van der Waals surface area contributed by atoms with Crippen LogP contribution in [0.2, 0.25) is 0 Å². The Kier molecular flexibility index (Phi) is 7.59. The molecule has 2 aromatic carbocycles. The van der Waals surface area contributed by atoms with Gasteiger partial charge >= 0.3 is 0 Å². The van der Waals surface area contributed by atoms with Gasteiger partial charge in [-0.3, -0.25) is 4.79 Å². The lowest BCUT2D eigenvalue weighted by atomic mass is 10.0. The SMILES string of the molecule is CCc1nncn1CCNC(=NCC(=O)N(C)C)NC(C)c1ccc2ccccc2c1. The van der Waals surface area contributed by atoms with Crippen molar-refractivity contribution in [3.63, 3.8) is 0 Å². The van der Waals surface area contributed by atoms with Crippen LogP contribution in [-0.4, -0.2) is 58.7 Å². The molecule has 0 fully saturated rings. The van der Waals surface area contributed by atoms with Gasteiger partial charge in [0.2, 0.25) is 5.91 Å². The molecule has 164 valence electrons. The lowest BCUT2D eigenvalue weighted by Gasteiger charge is -2.20. The summed E-state index contributed by atoms with van der Waals surface area (Å²) in [4.78, 5) is 18.1. The minimum absolute atomic E-state index is 0.0198. The van der Waals surface area contributed by atoms with E-state index in [9.17, 15) is 4.79 Å². The maximum atomic E-state index is 12.0. The number of rotatable bonds is 8. The number of carbonyl (C=O) groups is 1. The zero-order valence-electron chi connectivity index (χ0n) is 18.7. The molecule has 3 rings (SSSR count). The Morgan fingerprint density at radius 3 is 2.71 bits per heavy atom. The first kappa shape index (κ1) is 22.3. The maximum absolute atomic E-state index is 12.0. The normalized spacial score (nSPS) is 12.6. The van der Waals surface area contributed by atoms with Crippen molar-refractivity contribution in [3.8, 4) is 0 Å². The smallest absolute Gasteiger partial charge is 0.243 e. The minimum Gasteiger partial charge on any atom is -0.355 e. The Labute approximate surface area is 183 Å². The zero-order chi connectivity index (χ0) is 22.2. The largest absolute Gasteiger partial charge is 0.355 e. The minimum atomic E-state index is -0.0495. The number of guanidine groups is 1. The van der Waals surface area contributed by atoms with Crippen molar-refractivity contribution in [2.75, 3.05) is 27.2 Å². The van der Waals surface area contributed by atoms with E-state index in [4.69, 9.17) is 0 Å². The molecule has 0 saturated heterocycles. The number of aromatic nitrogens is 3. The summed E-state index contributed by atoms with van der Waals surface area (Å²) in [6, 6.07) is 14.7. The third-order valence-corrected chi connectivity index (χ3v) is 5.16. The van der Waals surface area contributed by atoms with Crippen molar-refractivity contribution in [3.05, 3.63) is 60.2 Å². The van der Waals surface area contributed by atoms with Crippen molar-refractivity contribution < 1.29 is 4.79 Å². The molecule has 1 amide bonds. The second-order valence-corrected chi connectivity index (χ2v) is 7.65. The van der Waals surface area contributed by atoms with Crippen molar-refractivity contribution in [1.82, 2.24) is 30.3 Å². The first-order chi connectivity index (χ1) is 15.0. The Morgan fingerprint density at radius 1 is 1.19 bits per heavy atom. The van der Waals surface area contributed by atoms with Crippen LogP contribution >= 0.6 is 0 Å². The molecule has 0 saturated carbocycles. The van der Waals surface area contributed by atoms with Crippen LogP contribution in [0.3, 0.4) is 0 Å². The number of likely N-dealkylation sites (N-methyl/N-ethyl adjacent to an activating group) is 1. The van der Waals surface area contributed by atoms with E-state index in [1.165, 1.54) is 10.8 Å². The number of carbonyl (C=O) groups excluding carboxylic acids is 1. The fourth-order valence-corrected chi connectivity index (χ4v) is 3.24. The molecule has 8 heteroatoms. The third kappa shape index (κ3) is 6.04. The summed E-state index contributed by atoms with van der Waals surface area (Å²) in [5, 5.41) is 17.3. The van der Waals surface area contributed by atoms with Crippen LogP contribution < -0.4 is 10.6 Å². The van der Waals surface area contributed by atoms with Crippen LogP contribution in [0.1, 0.15) is 31.3 Å². The van der Waals surface area contributed by atoms with Crippen molar-refractivity contribution in [2.45, 2.75) is 32.9 Å². The lowest BCUT2D eigenvalue weighted by molar-refractivity contribution is -0.127. The van der Waals surface area contributed by atoms with Gasteiger partial charge in [0.25, 0.3) is 0 Å². The number of amides is 1. The summed E-state index contributed by atoms with van der Waals surface area (Å²) in [6.45, 7) is 5.57. The molecule has 1 atom stereocenters.